The molecule has 3 aromatic rings. The highest BCUT2D eigenvalue weighted by molar-refractivity contribution is 7.90. The van der Waals surface area contributed by atoms with Crippen LogP contribution in [0.4, 0.5) is 0 Å². The standard InChI is InChI=1S/C20H18N2O5S2/c1-29(24,25)15-8-6-14(7-9-15)27-13-20(23)22-17(19-5-3-11-28-19)12-16(21-22)18-4-2-10-26-18/h2-11,17H,12-13H2,1H3. The summed E-state index contributed by atoms with van der Waals surface area (Å²) in [5, 5.41) is 7.88. The Morgan fingerprint density at radius 1 is 1.24 bits per heavy atom. The van der Waals surface area contributed by atoms with Crippen LogP contribution in [0.1, 0.15) is 23.1 Å². The van der Waals surface area contributed by atoms with E-state index in [1.807, 2.05) is 23.6 Å². The normalized spacial score (nSPS) is 16.7. The summed E-state index contributed by atoms with van der Waals surface area (Å²) in [7, 11) is -3.28. The van der Waals surface area contributed by atoms with E-state index >= 15 is 0 Å². The second kappa shape index (κ2) is 7.84. The van der Waals surface area contributed by atoms with Crippen molar-refractivity contribution in [2.24, 2.45) is 5.10 Å². The van der Waals surface area contributed by atoms with Crippen LogP contribution in [-0.4, -0.2) is 37.9 Å². The predicted molar refractivity (Wildman–Crippen MR) is 109 cm³/mol. The van der Waals surface area contributed by atoms with Crippen molar-refractivity contribution in [3.8, 4) is 5.75 Å². The first kappa shape index (κ1) is 19.4. The molecule has 0 bridgehead atoms. The first-order chi connectivity index (χ1) is 13.9. The molecule has 1 aromatic carbocycles. The fourth-order valence-electron chi connectivity index (χ4n) is 3.03. The van der Waals surface area contributed by atoms with Gasteiger partial charge in [0.05, 0.1) is 17.2 Å². The molecule has 0 saturated heterocycles. The fraction of sp³-hybridized carbons (Fsp3) is 0.200. The van der Waals surface area contributed by atoms with E-state index in [1.165, 1.54) is 29.3 Å². The molecule has 1 amide bonds. The minimum Gasteiger partial charge on any atom is -0.484 e. The minimum absolute atomic E-state index is 0.196. The smallest absolute Gasteiger partial charge is 0.281 e. The van der Waals surface area contributed by atoms with Gasteiger partial charge in [0, 0.05) is 17.6 Å². The second-order valence-corrected chi connectivity index (χ2v) is 9.52. The summed E-state index contributed by atoms with van der Waals surface area (Å²) in [4.78, 5) is 14.1. The highest BCUT2D eigenvalue weighted by atomic mass is 32.2. The number of furan rings is 1. The number of hydrogen-bond acceptors (Lipinski definition) is 7. The van der Waals surface area contributed by atoms with Gasteiger partial charge in [0.25, 0.3) is 5.91 Å². The van der Waals surface area contributed by atoms with Gasteiger partial charge in [0.1, 0.15) is 17.2 Å². The van der Waals surface area contributed by atoms with Crippen LogP contribution in [0.15, 0.2) is 74.6 Å². The molecule has 2 aromatic heterocycles. The van der Waals surface area contributed by atoms with E-state index in [0.29, 0.717) is 23.6 Å². The van der Waals surface area contributed by atoms with Crippen molar-refractivity contribution in [2.45, 2.75) is 17.4 Å². The molecule has 0 radical (unpaired) electrons. The molecule has 1 aliphatic rings. The maximum atomic E-state index is 12.8. The Bertz CT molecular complexity index is 1120. The number of ether oxygens (including phenoxy) is 1. The van der Waals surface area contributed by atoms with Crippen LogP contribution in [-0.2, 0) is 14.6 Å². The highest BCUT2D eigenvalue weighted by Gasteiger charge is 2.34. The van der Waals surface area contributed by atoms with Gasteiger partial charge in [0.15, 0.2) is 16.4 Å². The second-order valence-electron chi connectivity index (χ2n) is 6.53. The molecule has 1 atom stereocenters. The molecular weight excluding hydrogens is 412 g/mol. The van der Waals surface area contributed by atoms with Gasteiger partial charge in [-0.15, -0.1) is 11.3 Å². The first-order valence-corrected chi connectivity index (χ1v) is 11.6. The van der Waals surface area contributed by atoms with Gasteiger partial charge >= 0.3 is 0 Å². The van der Waals surface area contributed by atoms with Crippen LogP contribution in [0.25, 0.3) is 0 Å². The zero-order valence-electron chi connectivity index (χ0n) is 15.5. The Balaban J connectivity index is 1.49. The number of rotatable bonds is 6. The molecule has 0 N–H and O–H groups in total. The van der Waals surface area contributed by atoms with Gasteiger partial charge in [-0.1, -0.05) is 6.07 Å². The third-order valence-electron chi connectivity index (χ3n) is 4.46. The average Bonchev–Trinajstić information content (AvgIpc) is 3.46. The summed E-state index contributed by atoms with van der Waals surface area (Å²) in [5.74, 6) is 0.754. The van der Waals surface area contributed by atoms with Gasteiger partial charge < -0.3 is 9.15 Å². The number of benzene rings is 1. The number of amides is 1. The van der Waals surface area contributed by atoms with Crippen LogP contribution in [0, 0.1) is 0 Å². The zero-order valence-corrected chi connectivity index (χ0v) is 17.2. The van der Waals surface area contributed by atoms with Gasteiger partial charge in [-0.3, -0.25) is 4.79 Å². The molecule has 1 aliphatic heterocycles. The van der Waals surface area contributed by atoms with Crippen molar-refractivity contribution in [2.75, 3.05) is 12.9 Å². The van der Waals surface area contributed by atoms with Crippen molar-refractivity contribution < 1.29 is 22.4 Å². The van der Waals surface area contributed by atoms with E-state index < -0.39 is 9.84 Å². The Hall–Kier alpha value is -2.91. The van der Waals surface area contributed by atoms with Crippen molar-refractivity contribution >= 4 is 32.8 Å². The molecule has 29 heavy (non-hydrogen) atoms. The topological polar surface area (TPSA) is 89.2 Å². The van der Waals surface area contributed by atoms with Crippen molar-refractivity contribution in [1.29, 1.82) is 0 Å². The number of carbonyl (C=O) groups excluding carboxylic acids is 1. The van der Waals surface area contributed by atoms with Crippen molar-refractivity contribution in [3.05, 3.63) is 70.8 Å². The average molecular weight is 431 g/mol. The molecule has 0 aliphatic carbocycles. The van der Waals surface area contributed by atoms with Crippen LogP contribution in [0.3, 0.4) is 0 Å². The molecular formula is C20H18N2O5S2. The fourth-order valence-corrected chi connectivity index (χ4v) is 4.47. The Kier molecular flexibility index (Phi) is 5.25. The zero-order chi connectivity index (χ0) is 20.4. The van der Waals surface area contributed by atoms with E-state index in [0.717, 1.165) is 11.1 Å². The molecule has 7 nitrogen and oxygen atoms in total. The lowest BCUT2D eigenvalue weighted by Crippen LogP contribution is -2.31. The van der Waals surface area contributed by atoms with E-state index in [9.17, 15) is 13.2 Å². The Morgan fingerprint density at radius 2 is 2.03 bits per heavy atom. The van der Waals surface area contributed by atoms with Gasteiger partial charge in [0.2, 0.25) is 0 Å². The lowest BCUT2D eigenvalue weighted by Gasteiger charge is -2.20. The van der Waals surface area contributed by atoms with Gasteiger partial charge in [-0.2, -0.15) is 5.10 Å². The Labute approximate surface area is 172 Å². The van der Waals surface area contributed by atoms with Crippen LogP contribution >= 0.6 is 11.3 Å². The molecule has 4 rings (SSSR count). The molecule has 0 saturated carbocycles. The summed E-state index contributed by atoms with van der Waals surface area (Å²) in [6.45, 7) is -0.213. The van der Waals surface area contributed by atoms with E-state index in [2.05, 4.69) is 5.10 Å². The highest BCUT2D eigenvalue weighted by Crippen LogP contribution is 2.35. The van der Waals surface area contributed by atoms with Crippen LogP contribution < -0.4 is 4.74 Å². The van der Waals surface area contributed by atoms with Gasteiger partial charge in [-0.25, -0.2) is 13.4 Å². The monoisotopic (exact) mass is 430 g/mol. The summed E-state index contributed by atoms with van der Waals surface area (Å²) in [6, 6.07) is 13.3. The summed E-state index contributed by atoms with van der Waals surface area (Å²) in [5.41, 5.74) is 0.708. The number of hydrazone groups is 1. The van der Waals surface area contributed by atoms with E-state index in [-0.39, 0.29) is 23.5 Å². The van der Waals surface area contributed by atoms with Gasteiger partial charge in [-0.05, 0) is 47.8 Å². The summed E-state index contributed by atoms with van der Waals surface area (Å²) < 4.78 is 34.1. The Morgan fingerprint density at radius 3 is 2.66 bits per heavy atom. The summed E-state index contributed by atoms with van der Waals surface area (Å²) >= 11 is 1.56. The number of carbonyl (C=O) groups is 1. The van der Waals surface area contributed by atoms with E-state index in [4.69, 9.17) is 9.15 Å². The maximum Gasteiger partial charge on any atom is 0.281 e. The molecule has 150 valence electrons. The first-order valence-electron chi connectivity index (χ1n) is 8.81. The van der Waals surface area contributed by atoms with Crippen LogP contribution in [0.2, 0.25) is 0 Å². The number of nitrogens with zero attached hydrogens (tertiary/aromatic N) is 2. The molecule has 9 heteroatoms. The van der Waals surface area contributed by atoms with Crippen molar-refractivity contribution in [1.82, 2.24) is 5.01 Å². The SMILES string of the molecule is CS(=O)(=O)c1ccc(OCC(=O)N2N=C(c3ccco3)CC2c2cccs2)cc1. The number of hydrogen-bond donors (Lipinski definition) is 0. The summed E-state index contributed by atoms with van der Waals surface area (Å²) in [6.07, 6.45) is 3.27. The lowest BCUT2D eigenvalue weighted by atomic mass is 10.1. The maximum absolute atomic E-state index is 12.8. The predicted octanol–water partition coefficient (Wildman–Crippen LogP) is 3.50. The number of sulfone groups is 1. The molecule has 0 spiro atoms. The lowest BCUT2D eigenvalue weighted by molar-refractivity contribution is -0.135. The molecule has 3 heterocycles. The molecule has 1 unspecified atom stereocenters. The largest absolute Gasteiger partial charge is 0.484 e. The van der Waals surface area contributed by atoms with E-state index in [1.54, 1.807) is 23.7 Å². The van der Waals surface area contributed by atoms with Crippen molar-refractivity contribution in [3.63, 3.8) is 0 Å². The minimum atomic E-state index is -3.28. The quantitative estimate of drug-likeness (QED) is 0.597. The third-order valence-corrected chi connectivity index (χ3v) is 6.56. The molecule has 0 fully saturated rings. The van der Waals surface area contributed by atoms with Crippen LogP contribution in [0.5, 0.6) is 5.75 Å². The number of thiophene rings is 1. The third kappa shape index (κ3) is 4.25.